The maximum atomic E-state index is 13.1. The second-order valence-electron chi connectivity index (χ2n) is 7.95. The molecule has 5 aromatic rings. The number of aromatic hydroxyl groups is 1. The largest absolute Gasteiger partial charge is 0.507 e. The molecule has 0 aliphatic rings. The summed E-state index contributed by atoms with van der Waals surface area (Å²) in [5.41, 5.74) is 3.48. The first kappa shape index (κ1) is 22.0. The maximum absolute atomic E-state index is 13.1. The third kappa shape index (κ3) is 4.37. The van der Waals surface area contributed by atoms with Gasteiger partial charge >= 0.3 is 0 Å². The van der Waals surface area contributed by atoms with E-state index in [0.29, 0.717) is 27.9 Å². The summed E-state index contributed by atoms with van der Waals surface area (Å²) in [6.45, 7) is 2.01. The van der Waals surface area contributed by atoms with Crippen LogP contribution >= 0.6 is 0 Å². The van der Waals surface area contributed by atoms with Gasteiger partial charge in [-0.15, -0.1) is 0 Å². The predicted molar refractivity (Wildman–Crippen MR) is 134 cm³/mol. The molecule has 2 aromatic heterocycles. The van der Waals surface area contributed by atoms with Gasteiger partial charge in [0.05, 0.1) is 5.69 Å². The second kappa shape index (κ2) is 9.18. The summed E-state index contributed by atoms with van der Waals surface area (Å²) in [7, 11) is 0. The molecule has 5 rings (SSSR count). The summed E-state index contributed by atoms with van der Waals surface area (Å²) in [5, 5.41) is 23.3. The van der Waals surface area contributed by atoms with Crippen LogP contribution < -0.4 is 10.6 Å². The number of nitrogens with one attached hydrogen (secondary N) is 3. The maximum Gasteiger partial charge on any atom is 0.293 e. The number of anilines is 2. The number of fused-ring (bicyclic) bond motifs is 1. The number of furan rings is 1. The normalized spacial score (nSPS) is 10.9. The fourth-order valence-corrected chi connectivity index (χ4v) is 3.80. The highest BCUT2D eigenvalue weighted by atomic mass is 16.3. The number of hydrogen-bond donors (Lipinski definition) is 4. The molecule has 0 fully saturated rings. The van der Waals surface area contributed by atoms with Crippen LogP contribution in [0.5, 0.6) is 5.75 Å². The van der Waals surface area contributed by atoms with E-state index in [2.05, 4.69) is 20.8 Å². The van der Waals surface area contributed by atoms with E-state index in [4.69, 9.17) is 4.42 Å². The topological polar surface area (TPSA) is 120 Å². The van der Waals surface area contributed by atoms with E-state index in [1.165, 1.54) is 0 Å². The van der Waals surface area contributed by atoms with E-state index in [1.807, 2.05) is 25.1 Å². The molecule has 35 heavy (non-hydrogen) atoms. The van der Waals surface area contributed by atoms with Crippen molar-refractivity contribution in [2.24, 2.45) is 0 Å². The third-order valence-corrected chi connectivity index (χ3v) is 5.64. The Balaban J connectivity index is 1.45. The van der Waals surface area contributed by atoms with E-state index in [9.17, 15) is 14.7 Å². The highest BCUT2D eigenvalue weighted by Gasteiger charge is 2.24. The highest BCUT2D eigenvalue weighted by Crippen LogP contribution is 2.33. The van der Waals surface area contributed by atoms with Gasteiger partial charge in [-0.25, -0.2) is 0 Å². The number of rotatable bonds is 6. The van der Waals surface area contributed by atoms with Crippen LogP contribution in [0.4, 0.5) is 11.4 Å². The zero-order valence-corrected chi connectivity index (χ0v) is 18.8. The summed E-state index contributed by atoms with van der Waals surface area (Å²) in [6.07, 6.45) is 0.798. The van der Waals surface area contributed by atoms with Crippen LogP contribution in [-0.4, -0.2) is 27.1 Å². The Kier molecular flexibility index (Phi) is 5.76. The molecule has 0 unspecified atom stereocenters. The monoisotopic (exact) mass is 466 g/mol. The van der Waals surface area contributed by atoms with Crippen molar-refractivity contribution in [2.45, 2.75) is 13.3 Å². The fourth-order valence-electron chi connectivity index (χ4n) is 3.80. The number of H-pyrrole nitrogens is 1. The van der Waals surface area contributed by atoms with Crippen LogP contribution in [0.15, 0.2) is 83.3 Å². The second-order valence-corrected chi connectivity index (χ2v) is 7.95. The first-order chi connectivity index (χ1) is 17.0. The number of phenols is 1. The molecular weight excluding hydrogens is 444 g/mol. The zero-order chi connectivity index (χ0) is 24.4. The number of aromatic nitrogens is 2. The number of nitrogens with zero attached hydrogens (tertiary/aromatic N) is 1. The van der Waals surface area contributed by atoms with Crippen molar-refractivity contribution in [3.05, 3.63) is 95.9 Å². The number of phenolic OH excluding ortho intramolecular Hbond substituents is 1. The Morgan fingerprint density at radius 1 is 0.943 bits per heavy atom. The first-order valence-corrected chi connectivity index (χ1v) is 11.1. The molecule has 3 aromatic carbocycles. The number of carbonyl (C=O) groups excluding carboxylic acids is 2. The Hall–Kier alpha value is -4.85. The lowest BCUT2D eigenvalue weighted by Gasteiger charge is -2.06. The molecule has 2 amide bonds. The third-order valence-electron chi connectivity index (χ3n) is 5.64. The molecule has 8 nitrogen and oxygen atoms in total. The van der Waals surface area contributed by atoms with Crippen LogP contribution in [-0.2, 0) is 6.42 Å². The van der Waals surface area contributed by atoms with Crippen molar-refractivity contribution in [1.82, 2.24) is 10.2 Å². The Morgan fingerprint density at radius 3 is 2.51 bits per heavy atom. The Morgan fingerprint density at radius 2 is 1.71 bits per heavy atom. The number of para-hydroxylation sites is 2. The van der Waals surface area contributed by atoms with Crippen molar-refractivity contribution in [1.29, 1.82) is 0 Å². The quantitative estimate of drug-likeness (QED) is 0.260. The molecule has 0 saturated carbocycles. The van der Waals surface area contributed by atoms with Crippen LogP contribution in [0.2, 0.25) is 0 Å². The van der Waals surface area contributed by atoms with Crippen LogP contribution in [0, 0.1) is 0 Å². The number of hydrogen-bond acceptors (Lipinski definition) is 5. The average molecular weight is 466 g/mol. The lowest BCUT2D eigenvalue weighted by atomic mass is 10.1. The van der Waals surface area contributed by atoms with Gasteiger partial charge in [-0.05, 0) is 54.4 Å². The van der Waals surface area contributed by atoms with Gasteiger partial charge in [0.25, 0.3) is 11.8 Å². The van der Waals surface area contributed by atoms with Gasteiger partial charge in [-0.3, -0.25) is 14.7 Å². The molecule has 0 saturated heterocycles. The number of benzene rings is 3. The van der Waals surface area contributed by atoms with Gasteiger partial charge in [0.2, 0.25) is 5.76 Å². The Labute approximate surface area is 200 Å². The van der Waals surface area contributed by atoms with Gasteiger partial charge in [0.1, 0.15) is 22.7 Å². The predicted octanol–water partition coefficient (Wildman–Crippen LogP) is 5.60. The number of carbonyl (C=O) groups is 2. The summed E-state index contributed by atoms with van der Waals surface area (Å²) < 4.78 is 5.80. The van der Waals surface area contributed by atoms with Crippen molar-refractivity contribution in [2.75, 3.05) is 10.6 Å². The number of aryl methyl sites for hydroxylation is 1. The molecule has 0 radical (unpaired) electrons. The molecule has 2 heterocycles. The molecule has 174 valence electrons. The lowest BCUT2D eigenvalue weighted by molar-refractivity contribution is 0.0999. The molecule has 0 bridgehead atoms. The van der Waals surface area contributed by atoms with Crippen LogP contribution in [0.25, 0.3) is 22.2 Å². The van der Waals surface area contributed by atoms with E-state index in [1.54, 1.807) is 60.7 Å². The molecule has 0 aliphatic carbocycles. The van der Waals surface area contributed by atoms with Gasteiger partial charge in [-0.1, -0.05) is 43.3 Å². The molecule has 8 heteroatoms. The smallest absolute Gasteiger partial charge is 0.293 e. The molecular formula is C27H22N4O4. The number of amides is 2. The lowest BCUT2D eigenvalue weighted by Crippen LogP contribution is -2.17. The first-order valence-electron chi connectivity index (χ1n) is 11.1. The van der Waals surface area contributed by atoms with Gasteiger partial charge < -0.3 is 20.2 Å². The zero-order valence-electron chi connectivity index (χ0n) is 18.8. The van der Waals surface area contributed by atoms with Gasteiger partial charge in [0.15, 0.2) is 0 Å². The summed E-state index contributed by atoms with van der Waals surface area (Å²) in [4.78, 5) is 26.1. The SMILES string of the molecule is CCc1ccc(O)c(-c2cc(C(=O)Nc3c(C(=O)Nc4ccccc4)oc4ccccc34)[nH]n2)c1. The minimum atomic E-state index is -0.504. The van der Waals surface area contributed by atoms with Crippen molar-refractivity contribution >= 4 is 34.2 Å². The molecule has 4 N–H and O–H groups in total. The van der Waals surface area contributed by atoms with Crippen molar-refractivity contribution in [3.63, 3.8) is 0 Å². The average Bonchev–Trinajstić information content (AvgIpc) is 3.51. The van der Waals surface area contributed by atoms with E-state index in [-0.39, 0.29) is 22.9 Å². The Bertz CT molecular complexity index is 1540. The fraction of sp³-hybridized carbons (Fsp3) is 0.0741. The van der Waals surface area contributed by atoms with Gasteiger partial charge in [0, 0.05) is 16.6 Å². The van der Waals surface area contributed by atoms with E-state index >= 15 is 0 Å². The van der Waals surface area contributed by atoms with Crippen molar-refractivity contribution in [3.8, 4) is 17.0 Å². The van der Waals surface area contributed by atoms with E-state index < -0.39 is 11.8 Å². The van der Waals surface area contributed by atoms with E-state index in [0.717, 1.165) is 12.0 Å². The minimum Gasteiger partial charge on any atom is -0.507 e. The minimum absolute atomic E-state index is 0.0172. The molecule has 0 spiro atoms. The highest BCUT2D eigenvalue weighted by molar-refractivity contribution is 6.16. The number of aromatic amines is 1. The van der Waals surface area contributed by atoms with Gasteiger partial charge in [-0.2, -0.15) is 5.10 Å². The summed E-state index contributed by atoms with van der Waals surface area (Å²) in [6, 6.07) is 22.9. The summed E-state index contributed by atoms with van der Waals surface area (Å²) >= 11 is 0. The van der Waals surface area contributed by atoms with Crippen LogP contribution in [0.1, 0.15) is 33.5 Å². The molecule has 0 atom stereocenters. The van der Waals surface area contributed by atoms with Crippen molar-refractivity contribution < 1.29 is 19.1 Å². The molecule has 0 aliphatic heterocycles. The summed E-state index contributed by atoms with van der Waals surface area (Å²) in [5.74, 6) is -0.942. The van der Waals surface area contributed by atoms with Crippen LogP contribution in [0.3, 0.4) is 0 Å². The standard InChI is InChI=1S/C27H22N4O4/c1-2-16-12-13-22(32)19(14-16)20-15-21(31-30-20)26(33)29-24-18-10-6-7-11-23(18)35-25(24)27(34)28-17-8-4-3-5-9-17/h3-15,32H,2H2,1H3,(H,28,34)(H,29,33)(H,30,31).